The molecule has 3 aromatic rings. The zero-order valence-electron chi connectivity index (χ0n) is 20.7. The number of benzene rings is 2. The maximum Gasteiger partial charge on any atom is 0.410 e. The molecule has 2 heterocycles. The number of carbonyl (C=O) groups excluding carboxylic acids is 2. The van der Waals surface area contributed by atoms with Gasteiger partial charge in [-0.15, -0.1) is 0 Å². The number of aromatic amines is 1. The molecule has 0 aliphatic carbocycles. The van der Waals surface area contributed by atoms with E-state index in [9.17, 15) is 19.1 Å². The summed E-state index contributed by atoms with van der Waals surface area (Å²) >= 11 is 0. The van der Waals surface area contributed by atoms with E-state index >= 15 is 0 Å². The molecule has 3 atom stereocenters. The molecular formula is C27H32FN3O5. The van der Waals surface area contributed by atoms with Gasteiger partial charge in [0, 0.05) is 36.1 Å². The summed E-state index contributed by atoms with van der Waals surface area (Å²) in [4.78, 5) is 30.1. The summed E-state index contributed by atoms with van der Waals surface area (Å²) in [6, 6.07) is 13.0. The van der Waals surface area contributed by atoms with Crippen molar-refractivity contribution < 1.29 is 28.6 Å². The molecule has 1 fully saturated rings. The van der Waals surface area contributed by atoms with E-state index < -0.39 is 35.9 Å². The highest BCUT2D eigenvalue weighted by Gasteiger charge is 2.44. The number of aromatic nitrogens is 1. The molecule has 0 spiro atoms. The summed E-state index contributed by atoms with van der Waals surface area (Å²) in [5.41, 5.74) is 1.47. The average molecular weight is 498 g/mol. The number of nitrogens with zero attached hydrogens (tertiary/aromatic N) is 1. The van der Waals surface area contributed by atoms with E-state index in [1.807, 2.05) is 30.3 Å². The lowest BCUT2D eigenvalue weighted by molar-refractivity contribution is 0.0117. The van der Waals surface area contributed by atoms with Gasteiger partial charge in [-0.1, -0.05) is 30.3 Å². The van der Waals surface area contributed by atoms with Crippen LogP contribution in [0.5, 0.6) is 0 Å². The van der Waals surface area contributed by atoms with Gasteiger partial charge in [-0.05, 0) is 56.5 Å². The molecule has 192 valence electrons. The van der Waals surface area contributed by atoms with E-state index in [0.717, 1.165) is 16.5 Å². The average Bonchev–Trinajstić information content (AvgIpc) is 3.41. The second kappa shape index (κ2) is 10.6. The Balaban J connectivity index is 1.58. The van der Waals surface area contributed by atoms with Crippen molar-refractivity contribution in [3.63, 3.8) is 0 Å². The molecule has 0 unspecified atom stereocenters. The summed E-state index contributed by atoms with van der Waals surface area (Å²) in [6.45, 7) is 5.85. The lowest BCUT2D eigenvalue weighted by Crippen LogP contribution is -2.48. The van der Waals surface area contributed by atoms with Gasteiger partial charge < -0.3 is 29.8 Å². The number of ether oxygens (including phenoxy) is 2. The molecule has 3 N–H and O–H groups in total. The fourth-order valence-electron chi connectivity index (χ4n) is 4.63. The van der Waals surface area contributed by atoms with Gasteiger partial charge in [-0.25, -0.2) is 14.0 Å². The van der Waals surface area contributed by atoms with Gasteiger partial charge in [0.05, 0.1) is 12.1 Å². The highest BCUT2D eigenvalue weighted by molar-refractivity contribution is 5.84. The van der Waals surface area contributed by atoms with Crippen molar-refractivity contribution in [1.29, 1.82) is 0 Å². The van der Waals surface area contributed by atoms with E-state index in [1.165, 1.54) is 17.0 Å². The van der Waals surface area contributed by atoms with Crippen molar-refractivity contribution >= 4 is 23.1 Å². The maximum absolute atomic E-state index is 13.8. The third-order valence-corrected chi connectivity index (χ3v) is 6.21. The third kappa shape index (κ3) is 5.96. The SMILES string of the molecule is CC(C)(C)OC(=O)N1CC[C@H](O)[C@H]1[C@H](CNC(=O)OCc1ccccc1)c1c[nH]c2cc(F)ccc12. The Morgan fingerprint density at radius 2 is 1.97 bits per heavy atom. The first-order chi connectivity index (χ1) is 17.1. The minimum atomic E-state index is -0.838. The lowest BCUT2D eigenvalue weighted by atomic mass is 9.88. The van der Waals surface area contributed by atoms with Crippen LogP contribution in [0.1, 0.15) is 44.2 Å². The lowest BCUT2D eigenvalue weighted by Gasteiger charge is -2.34. The Labute approximate surface area is 209 Å². The molecule has 0 bridgehead atoms. The van der Waals surface area contributed by atoms with Crippen LogP contribution in [-0.2, 0) is 16.1 Å². The molecular weight excluding hydrogens is 465 g/mol. The standard InChI is InChI=1S/C27H32FN3O5/c1-27(2,3)36-26(34)31-12-11-23(32)24(31)21(20-14-29-22-13-18(28)9-10-19(20)22)15-30-25(33)35-16-17-7-5-4-6-8-17/h4-10,13-14,21,23-24,29,32H,11-12,15-16H2,1-3H3,(H,30,33)/t21-,23+,24-/m1/s1. The number of fused-ring (bicyclic) bond motifs is 1. The van der Waals surface area contributed by atoms with Crippen molar-refractivity contribution in [3.05, 3.63) is 71.7 Å². The number of likely N-dealkylation sites (tertiary alicyclic amines) is 1. The Morgan fingerprint density at radius 3 is 2.69 bits per heavy atom. The number of amides is 2. The van der Waals surface area contributed by atoms with Gasteiger partial charge in [0.25, 0.3) is 0 Å². The van der Waals surface area contributed by atoms with Gasteiger partial charge in [0.15, 0.2) is 0 Å². The summed E-state index contributed by atoms with van der Waals surface area (Å²) in [7, 11) is 0. The largest absolute Gasteiger partial charge is 0.445 e. The van der Waals surface area contributed by atoms with Crippen LogP contribution in [0, 0.1) is 5.82 Å². The third-order valence-electron chi connectivity index (χ3n) is 6.21. The number of halogens is 1. The molecule has 9 heteroatoms. The minimum Gasteiger partial charge on any atom is -0.445 e. The quantitative estimate of drug-likeness (QED) is 0.459. The molecule has 1 aliphatic rings. The van der Waals surface area contributed by atoms with E-state index in [4.69, 9.17) is 9.47 Å². The topological polar surface area (TPSA) is 104 Å². The first-order valence-electron chi connectivity index (χ1n) is 12.0. The van der Waals surface area contributed by atoms with Crippen LogP contribution in [0.3, 0.4) is 0 Å². The number of hydrogen-bond acceptors (Lipinski definition) is 5. The van der Waals surface area contributed by atoms with E-state index in [-0.39, 0.29) is 19.0 Å². The summed E-state index contributed by atoms with van der Waals surface area (Å²) in [5.74, 6) is -0.898. The van der Waals surface area contributed by atoms with Crippen LogP contribution in [-0.4, -0.2) is 58.0 Å². The van der Waals surface area contributed by atoms with Crippen molar-refractivity contribution in [2.45, 2.75) is 57.5 Å². The number of aliphatic hydroxyl groups excluding tert-OH is 1. The summed E-state index contributed by atoms with van der Waals surface area (Å²) in [5, 5.41) is 14.5. The van der Waals surface area contributed by atoms with Crippen LogP contribution in [0.2, 0.25) is 0 Å². The molecule has 0 radical (unpaired) electrons. The zero-order chi connectivity index (χ0) is 25.9. The van der Waals surface area contributed by atoms with Crippen molar-refractivity contribution in [2.24, 2.45) is 0 Å². The Morgan fingerprint density at radius 1 is 1.22 bits per heavy atom. The van der Waals surface area contributed by atoms with Gasteiger partial charge in [-0.3, -0.25) is 0 Å². The maximum atomic E-state index is 13.8. The Kier molecular flexibility index (Phi) is 7.49. The number of nitrogens with one attached hydrogen (secondary N) is 2. The predicted octanol–water partition coefficient (Wildman–Crippen LogP) is 4.69. The minimum absolute atomic E-state index is 0.0823. The van der Waals surface area contributed by atoms with Gasteiger partial charge in [-0.2, -0.15) is 0 Å². The van der Waals surface area contributed by atoms with Gasteiger partial charge in [0.2, 0.25) is 0 Å². The second-order valence-corrected chi connectivity index (χ2v) is 10.0. The molecule has 1 saturated heterocycles. The normalized spacial score (nSPS) is 18.8. The van der Waals surface area contributed by atoms with Crippen LogP contribution >= 0.6 is 0 Å². The van der Waals surface area contributed by atoms with E-state index in [2.05, 4.69) is 10.3 Å². The molecule has 4 rings (SSSR count). The predicted molar refractivity (Wildman–Crippen MR) is 133 cm³/mol. The smallest absolute Gasteiger partial charge is 0.410 e. The van der Waals surface area contributed by atoms with E-state index in [0.29, 0.717) is 18.5 Å². The van der Waals surface area contributed by atoms with Crippen LogP contribution in [0.4, 0.5) is 14.0 Å². The fourth-order valence-corrected chi connectivity index (χ4v) is 4.63. The first kappa shape index (κ1) is 25.5. The molecule has 1 aliphatic heterocycles. The summed E-state index contributed by atoms with van der Waals surface area (Å²) < 4.78 is 24.8. The molecule has 36 heavy (non-hydrogen) atoms. The first-order valence-corrected chi connectivity index (χ1v) is 12.0. The second-order valence-electron chi connectivity index (χ2n) is 10.0. The number of rotatable bonds is 6. The zero-order valence-corrected chi connectivity index (χ0v) is 20.7. The Bertz CT molecular complexity index is 1210. The Hall–Kier alpha value is -3.59. The van der Waals surface area contributed by atoms with Crippen LogP contribution in [0.15, 0.2) is 54.7 Å². The number of aliphatic hydroxyl groups is 1. The molecule has 1 aromatic heterocycles. The number of alkyl carbamates (subject to hydrolysis) is 1. The molecule has 0 saturated carbocycles. The molecule has 2 amide bonds. The van der Waals surface area contributed by atoms with Gasteiger partial charge >= 0.3 is 12.2 Å². The highest BCUT2D eigenvalue weighted by Crippen LogP contribution is 2.36. The number of carbonyl (C=O) groups is 2. The monoisotopic (exact) mass is 497 g/mol. The van der Waals surface area contributed by atoms with Crippen LogP contribution in [0.25, 0.3) is 10.9 Å². The van der Waals surface area contributed by atoms with Crippen molar-refractivity contribution in [1.82, 2.24) is 15.2 Å². The highest BCUT2D eigenvalue weighted by atomic mass is 19.1. The summed E-state index contributed by atoms with van der Waals surface area (Å²) in [6.07, 6.45) is 0.104. The molecule has 2 aromatic carbocycles. The number of H-pyrrole nitrogens is 1. The van der Waals surface area contributed by atoms with Crippen LogP contribution < -0.4 is 5.32 Å². The number of hydrogen-bond donors (Lipinski definition) is 3. The van der Waals surface area contributed by atoms with Gasteiger partial charge in [0.1, 0.15) is 18.0 Å². The van der Waals surface area contributed by atoms with Crippen molar-refractivity contribution in [2.75, 3.05) is 13.1 Å². The fraction of sp³-hybridized carbons (Fsp3) is 0.407. The molecule has 8 nitrogen and oxygen atoms in total. The van der Waals surface area contributed by atoms with Crippen molar-refractivity contribution in [3.8, 4) is 0 Å². The van der Waals surface area contributed by atoms with E-state index in [1.54, 1.807) is 33.0 Å².